The molecule has 1 aromatic carbocycles. The molecule has 2 aromatic heterocycles. The molecule has 0 N–H and O–H groups in total. The lowest BCUT2D eigenvalue weighted by atomic mass is 10.1. The van der Waals surface area contributed by atoms with Gasteiger partial charge in [0.25, 0.3) is 0 Å². The maximum atomic E-state index is 5.68. The Kier molecular flexibility index (Phi) is 6.02. The summed E-state index contributed by atoms with van der Waals surface area (Å²) in [5, 5.41) is 3.05. The van der Waals surface area contributed by atoms with Gasteiger partial charge in [-0.1, -0.05) is 30.3 Å². The van der Waals surface area contributed by atoms with Crippen LogP contribution in [0.4, 0.5) is 0 Å². The molecule has 0 amide bonds. The van der Waals surface area contributed by atoms with Crippen molar-refractivity contribution in [3.05, 3.63) is 64.9 Å². The van der Waals surface area contributed by atoms with Gasteiger partial charge < -0.3 is 9.15 Å². The van der Waals surface area contributed by atoms with Crippen LogP contribution in [-0.2, 0) is 11.3 Å². The van der Waals surface area contributed by atoms with Gasteiger partial charge in [0.2, 0.25) is 0 Å². The fraction of sp³-hybridized carbons (Fsp3) is 0.350. The predicted molar refractivity (Wildman–Crippen MR) is 102 cm³/mol. The van der Waals surface area contributed by atoms with Crippen LogP contribution in [0.5, 0.6) is 0 Å². The van der Waals surface area contributed by atoms with Crippen LogP contribution in [0.2, 0.25) is 0 Å². The molecule has 4 nitrogen and oxygen atoms in total. The van der Waals surface area contributed by atoms with Crippen molar-refractivity contribution in [2.24, 2.45) is 0 Å². The number of nitrogens with zero attached hydrogens (tertiary/aromatic N) is 2. The van der Waals surface area contributed by atoms with Crippen molar-refractivity contribution in [3.8, 4) is 10.8 Å². The van der Waals surface area contributed by atoms with Crippen LogP contribution in [0, 0.1) is 6.92 Å². The summed E-state index contributed by atoms with van der Waals surface area (Å²) >= 11 is 1.63. The van der Waals surface area contributed by atoms with Gasteiger partial charge in [-0.05, 0) is 31.5 Å². The first-order chi connectivity index (χ1) is 12.2. The zero-order valence-electron chi connectivity index (χ0n) is 14.9. The summed E-state index contributed by atoms with van der Waals surface area (Å²) in [6.07, 6.45) is 0. The zero-order chi connectivity index (χ0) is 17.6. The van der Waals surface area contributed by atoms with Crippen molar-refractivity contribution < 1.29 is 9.15 Å². The van der Waals surface area contributed by atoms with Gasteiger partial charge in [0.1, 0.15) is 5.76 Å². The van der Waals surface area contributed by atoms with E-state index >= 15 is 0 Å². The molecule has 0 saturated heterocycles. The summed E-state index contributed by atoms with van der Waals surface area (Å²) in [6, 6.07) is 14.8. The first kappa shape index (κ1) is 17.9. The van der Waals surface area contributed by atoms with Crippen molar-refractivity contribution in [2.45, 2.75) is 26.4 Å². The Morgan fingerprint density at radius 3 is 2.68 bits per heavy atom. The molecule has 3 rings (SSSR count). The Hall–Kier alpha value is -1.95. The van der Waals surface area contributed by atoms with Gasteiger partial charge in [-0.25, -0.2) is 4.98 Å². The van der Waals surface area contributed by atoms with Gasteiger partial charge in [0, 0.05) is 31.6 Å². The van der Waals surface area contributed by atoms with Crippen LogP contribution in [0.3, 0.4) is 0 Å². The molecule has 0 unspecified atom stereocenters. The molecule has 5 heteroatoms. The summed E-state index contributed by atoms with van der Waals surface area (Å²) in [5.74, 6) is 1.75. The maximum Gasteiger partial charge on any atom is 0.162 e. The average Bonchev–Trinajstić information content (AvgIpc) is 3.27. The summed E-state index contributed by atoms with van der Waals surface area (Å²) < 4.78 is 11.0. The molecule has 25 heavy (non-hydrogen) atoms. The summed E-state index contributed by atoms with van der Waals surface area (Å²) in [5.41, 5.74) is 2.36. The SMILES string of the molecule is COCCN(Cc1csc(-c2ccc(C)o2)n1)[C@@H](C)c1ccccc1. The topological polar surface area (TPSA) is 38.5 Å². The number of ether oxygens (including phenoxy) is 1. The molecule has 0 aliphatic rings. The molecule has 0 fully saturated rings. The van der Waals surface area contributed by atoms with Crippen molar-refractivity contribution in [1.29, 1.82) is 0 Å². The van der Waals surface area contributed by atoms with Crippen LogP contribution in [0.25, 0.3) is 10.8 Å². The van der Waals surface area contributed by atoms with Crippen molar-refractivity contribution >= 4 is 11.3 Å². The predicted octanol–water partition coefficient (Wildman–Crippen LogP) is 4.92. The highest BCUT2D eigenvalue weighted by Gasteiger charge is 2.18. The highest BCUT2D eigenvalue weighted by molar-refractivity contribution is 7.13. The normalized spacial score (nSPS) is 12.6. The number of aryl methyl sites for hydroxylation is 1. The average molecular weight is 356 g/mol. The molecule has 0 saturated carbocycles. The van der Waals surface area contributed by atoms with Crippen molar-refractivity contribution in [2.75, 3.05) is 20.3 Å². The fourth-order valence-electron chi connectivity index (χ4n) is 2.81. The molecule has 1 atom stereocenters. The number of hydrogen-bond donors (Lipinski definition) is 0. The Labute approximate surface area is 153 Å². The summed E-state index contributed by atoms with van der Waals surface area (Å²) in [7, 11) is 1.74. The van der Waals surface area contributed by atoms with E-state index in [1.54, 1.807) is 18.4 Å². The monoisotopic (exact) mass is 356 g/mol. The molecular weight excluding hydrogens is 332 g/mol. The van der Waals surface area contributed by atoms with Gasteiger partial charge in [0.15, 0.2) is 10.8 Å². The third-order valence-electron chi connectivity index (χ3n) is 4.28. The van der Waals surface area contributed by atoms with Gasteiger partial charge in [-0.2, -0.15) is 0 Å². The van der Waals surface area contributed by atoms with E-state index in [0.717, 1.165) is 35.3 Å². The molecule has 0 bridgehead atoms. The molecule has 2 heterocycles. The molecule has 132 valence electrons. The molecular formula is C20H24N2O2S. The van der Waals surface area contributed by atoms with E-state index in [2.05, 4.69) is 41.5 Å². The highest BCUT2D eigenvalue weighted by Crippen LogP contribution is 2.28. The molecule has 0 spiro atoms. The lowest BCUT2D eigenvalue weighted by Crippen LogP contribution is -2.30. The first-order valence-corrected chi connectivity index (χ1v) is 9.34. The van der Waals surface area contributed by atoms with Crippen LogP contribution >= 0.6 is 11.3 Å². The van der Waals surface area contributed by atoms with E-state index in [1.165, 1.54) is 5.56 Å². The van der Waals surface area contributed by atoms with Crippen LogP contribution in [0.15, 0.2) is 52.3 Å². The first-order valence-electron chi connectivity index (χ1n) is 8.46. The lowest BCUT2D eigenvalue weighted by molar-refractivity contribution is 0.119. The summed E-state index contributed by atoms with van der Waals surface area (Å²) in [4.78, 5) is 7.15. The number of hydrogen-bond acceptors (Lipinski definition) is 5. The standard InChI is InChI=1S/C20H24N2O2S/c1-15-9-10-19(24-15)20-21-18(14-25-20)13-22(11-12-23-3)16(2)17-7-5-4-6-8-17/h4-10,14,16H,11-13H2,1-3H3/t16-/m0/s1. The van der Waals surface area contributed by atoms with Gasteiger partial charge in [0.05, 0.1) is 12.3 Å². The third-order valence-corrected chi connectivity index (χ3v) is 5.19. The summed E-state index contributed by atoms with van der Waals surface area (Å²) in [6.45, 7) is 6.53. The lowest BCUT2D eigenvalue weighted by Gasteiger charge is -2.28. The second-order valence-electron chi connectivity index (χ2n) is 6.10. The minimum Gasteiger partial charge on any atom is -0.459 e. The van der Waals surface area contributed by atoms with Crippen LogP contribution in [0.1, 0.15) is 30.0 Å². The molecule has 3 aromatic rings. The molecule has 0 radical (unpaired) electrons. The molecule has 0 aliphatic heterocycles. The number of rotatable bonds is 8. The number of benzene rings is 1. The fourth-order valence-corrected chi connectivity index (χ4v) is 3.58. The van der Waals surface area contributed by atoms with Gasteiger partial charge in [-0.3, -0.25) is 4.90 Å². The van der Waals surface area contributed by atoms with E-state index in [9.17, 15) is 0 Å². The number of methoxy groups -OCH3 is 1. The zero-order valence-corrected chi connectivity index (χ0v) is 15.8. The van der Waals surface area contributed by atoms with Crippen LogP contribution < -0.4 is 0 Å². The van der Waals surface area contributed by atoms with Gasteiger partial charge >= 0.3 is 0 Å². The Morgan fingerprint density at radius 2 is 2.00 bits per heavy atom. The van der Waals surface area contributed by atoms with E-state index in [1.807, 2.05) is 25.1 Å². The Bertz CT molecular complexity index is 782. The molecule has 0 aliphatic carbocycles. The maximum absolute atomic E-state index is 5.68. The second kappa shape index (κ2) is 8.43. The van der Waals surface area contributed by atoms with Crippen LogP contribution in [-0.4, -0.2) is 30.1 Å². The smallest absolute Gasteiger partial charge is 0.162 e. The Morgan fingerprint density at radius 1 is 1.20 bits per heavy atom. The highest BCUT2D eigenvalue weighted by atomic mass is 32.1. The van der Waals surface area contributed by atoms with Crippen molar-refractivity contribution in [1.82, 2.24) is 9.88 Å². The van der Waals surface area contributed by atoms with E-state index in [4.69, 9.17) is 14.1 Å². The second-order valence-corrected chi connectivity index (χ2v) is 6.96. The Balaban J connectivity index is 1.75. The number of aromatic nitrogens is 1. The van der Waals surface area contributed by atoms with E-state index in [-0.39, 0.29) is 0 Å². The van der Waals surface area contributed by atoms with Crippen molar-refractivity contribution in [3.63, 3.8) is 0 Å². The van der Waals surface area contributed by atoms with Gasteiger partial charge in [-0.15, -0.1) is 11.3 Å². The minimum absolute atomic E-state index is 0.298. The number of thiazole rings is 1. The van der Waals surface area contributed by atoms with E-state index in [0.29, 0.717) is 12.6 Å². The quantitative estimate of drug-likeness (QED) is 0.574. The van der Waals surface area contributed by atoms with E-state index < -0.39 is 0 Å². The number of furan rings is 1. The minimum atomic E-state index is 0.298. The third kappa shape index (κ3) is 4.57. The largest absolute Gasteiger partial charge is 0.459 e.